The second-order valence-corrected chi connectivity index (χ2v) is 7.62. The molecule has 0 aliphatic heterocycles. The van der Waals surface area contributed by atoms with Crippen LogP contribution in [0.2, 0.25) is 0 Å². The van der Waals surface area contributed by atoms with Crippen molar-refractivity contribution in [1.29, 1.82) is 0 Å². The van der Waals surface area contributed by atoms with Crippen LogP contribution in [0.3, 0.4) is 0 Å². The number of benzene rings is 2. The minimum atomic E-state index is -1.03. The van der Waals surface area contributed by atoms with Crippen LogP contribution in [0.25, 0.3) is 22.4 Å². The van der Waals surface area contributed by atoms with Crippen molar-refractivity contribution in [3.63, 3.8) is 0 Å². The van der Waals surface area contributed by atoms with Crippen LogP contribution in [0.15, 0.2) is 48.5 Å². The molecule has 0 fully saturated rings. The lowest BCUT2D eigenvalue weighted by Gasteiger charge is -2.18. The molecule has 0 saturated heterocycles. The van der Waals surface area contributed by atoms with Gasteiger partial charge in [0.15, 0.2) is 0 Å². The number of fused-ring (bicyclic) bond motifs is 1. The quantitative estimate of drug-likeness (QED) is 0.506. The number of halogens is 1. The van der Waals surface area contributed by atoms with Crippen molar-refractivity contribution in [2.75, 3.05) is 0 Å². The summed E-state index contributed by atoms with van der Waals surface area (Å²) in [5.74, 6) is -0.376. The van der Waals surface area contributed by atoms with E-state index in [-0.39, 0.29) is 5.41 Å². The summed E-state index contributed by atoms with van der Waals surface area (Å²) < 4.78 is 1.31. The van der Waals surface area contributed by atoms with Crippen molar-refractivity contribution in [1.82, 2.24) is 9.55 Å². The molecule has 0 N–H and O–H groups in total. The zero-order valence-electron chi connectivity index (χ0n) is 14.4. The minimum absolute atomic E-state index is 0.104. The molecule has 1 aromatic heterocycles. The molecule has 0 radical (unpaired) electrons. The lowest BCUT2D eigenvalue weighted by Crippen LogP contribution is -2.18. The smallest absolute Gasteiger partial charge is 0.270 e. The minimum Gasteiger partial charge on any atom is -0.270 e. The fourth-order valence-corrected chi connectivity index (χ4v) is 3.00. The second kappa shape index (κ2) is 6.45. The molecule has 0 saturated carbocycles. The van der Waals surface area contributed by atoms with Gasteiger partial charge in [0.05, 0.1) is 11.0 Å². The van der Waals surface area contributed by atoms with Gasteiger partial charge in [0, 0.05) is 5.56 Å². The fraction of sp³-hybridized carbons (Fsp3) is 0.250. The third-order valence-corrected chi connectivity index (χ3v) is 4.02. The maximum Gasteiger partial charge on any atom is 0.316 e. The number of hydrogen-bond acceptors (Lipinski definition) is 3. The van der Waals surface area contributed by atoms with Crippen molar-refractivity contribution < 1.29 is 9.59 Å². The van der Waals surface area contributed by atoms with E-state index in [1.807, 2.05) is 48.5 Å². The molecule has 1 heterocycles. The Labute approximate surface area is 151 Å². The average Bonchev–Trinajstić information content (AvgIpc) is 2.92. The zero-order valence-corrected chi connectivity index (χ0v) is 15.2. The number of carbonyl (C=O) groups is 2. The molecule has 2 aromatic carbocycles. The Morgan fingerprint density at radius 2 is 1.76 bits per heavy atom. The van der Waals surface area contributed by atoms with Crippen molar-refractivity contribution >= 4 is 33.8 Å². The molecule has 0 amide bonds. The van der Waals surface area contributed by atoms with Crippen molar-refractivity contribution in [2.24, 2.45) is 5.41 Å². The molecule has 4 nitrogen and oxygen atoms in total. The van der Waals surface area contributed by atoms with E-state index in [9.17, 15) is 9.59 Å². The number of rotatable bonds is 3. The molecule has 128 valence electrons. The summed E-state index contributed by atoms with van der Waals surface area (Å²) in [4.78, 5) is 28.6. The highest BCUT2D eigenvalue weighted by Crippen LogP contribution is 2.28. The summed E-state index contributed by atoms with van der Waals surface area (Å²) >= 11 is 5.49. The van der Waals surface area contributed by atoms with Gasteiger partial charge < -0.3 is 0 Å². The standard InChI is InChI=1S/C20H19ClN2O2/c1-20(2,3)12-13-9-10-15-16(11-13)23(19(25)17(21)24)18(22-15)14-7-5-4-6-8-14/h4-11H,12H2,1-3H3. The van der Waals surface area contributed by atoms with Crippen LogP contribution in [0.4, 0.5) is 0 Å². The van der Waals surface area contributed by atoms with E-state index in [2.05, 4.69) is 25.8 Å². The Hall–Kier alpha value is -2.46. The Bertz CT molecular complexity index is 953. The molecule has 0 bridgehead atoms. The third-order valence-electron chi connectivity index (χ3n) is 3.86. The van der Waals surface area contributed by atoms with Crippen LogP contribution in [0.1, 0.15) is 31.1 Å². The SMILES string of the molecule is CC(C)(C)Cc1ccc2nc(-c3ccccc3)n(C(=O)C(=O)Cl)c2c1. The van der Waals surface area contributed by atoms with E-state index in [1.165, 1.54) is 4.57 Å². The first-order valence-corrected chi connectivity index (χ1v) is 8.45. The van der Waals surface area contributed by atoms with Crippen LogP contribution in [-0.2, 0) is 11.2 Å². The van der Waals surface area contributed by atoms with E-state index < -0.39 is 11.1 Å². The maximum atomic E-state index is 12.5. The Morgan fingerprint density at radius 3 is 2.36 bits per heavy atom. The summed E-state index contributed by atoms with van der Waals surface area (Å²) in [5, 5.41) is -1.03. The van der Waals surface area contributed by atoms with Gasteiger partial charge in [-0.25, -0.2) is 4.98 Å². The lowest BCUT2D eigenvalue weighted by molar-refractivity contribution is -0.108. The fourth-order valence-electron chi connectivity index (χ4n) is 2.92. The summed E-state index contributed by atoms with van der Waals surface area (Å²) in [6.07, 6.45) is 0.845. The average molecular weight is 355 g/mol. The first-order valence-electron chi connectivity index (χ1n) is 8.07. The molecule has 0 aliphatic carbocycles. The second-order valence-electron chi connectivity index (χ2n) is 7.28. The summed E-state index contributed by atoms with van der Waals surface area (Å²) in [6, 6.07) is 15.1. The van der Waals surface area contributed by atoms with Crippen LogP contribution >= 0.6 is 11.6 Å². The summed E-state index contributed by atoms with van der Waals surface area (Å²) in [6.45, 7) is 6.45. The highest BCUT2D eigenvalue weighted by molar-refractivity contribution is 6.81. The number of aromatic nitrogens is 2. The topological polar surface area (TPSA) is 52.0 Å². The van der Waals surface area contributed by atoms with Gasteiger partial charge in [0.25, 0.3) is 0 Å². The van der Waals surface area contributed by atoms with E-state index in [0.717, 1.165) is 17.5 Å². The molecule has 3 rings (SSSR count). The lowest BCUT2D eigenvalue weighted by atomic mass is 9.88. The molecule has 0 aliphatic rings. The van der Waals surface area contributed by atoms with Gasteiger partial charge in [0.2, 0.25) is 0 Å². The first kappa shape index (κ1) is 17.4. The molecule has 0 spiro atoms. The van der Waals surface area contributed by atoms with Gasteiger partial charge >= 0.3 is 11.1 Å². The molecule has 5 heteroatoms. The summed E-state index contributed by atoms with van der Waals surface area (Å²) in [7, 11) is 0. The molecule has 0 atom stereocenters. The van der Waals surface area contributed by atoms with Gasteiger partial charge in [-0.2, -0.15) is 0 Å². The van der Waals surface area contributed by atoms with E-state index >= 15 is 0 Å². The Morgan fingerprint density at radius 1 is 1.08 bits per heavy atom. The van der Waals surface area contributed by atoms with Gasteiger partial charge in [-0.05, 0) is 41.1 Å². The number of nitrogens with zero attached hydrogens (tertiary/aromatic N) is 2. The largest absolute Gasteiger partial charge is 0.316 e. The van der Waals surface area contributed by atoms with Gasteiger partial charge in [-0.15, -0.1) is 0 Å². The zero-order chi connectivity index (χ0) is 18.2. The predicted octanol–water partition coefficient (Wildman–Crippen LogP) is 4.70. The maximum absolute atomic E-state index is 12.5. The third kappa shape index (κ3) is 3.64. The number of imidazole rings is 1. The van der Waals surface area contributed by atoms with Gasteiger partial charge in [-0.3, -0.25) is 14.2 Å². The van der Waals surface area contributed by atoms with Crippen LogP contribution in [0, 0.1) is 5.41 Å². The Balaban J connectivity index is 2.24. The predicted molar refractivity (Wildman–Crippen MR) is 99.8 cm³/mol. The molecule has 0 unspecified atom stereocenters. The van der Waals surface area contributed by atoms with Gasteiger partial charge in [-0.1, -0.05) is 57.2 Å². The highest BCUT2D eigenvalue weighted by Gasteiger charge is 2.23. The monoisotopic (exact) mass is 354 g/mol. The van der Waals surface area contributed by atoms with E-state index in [1.54, 1.807) is 0 Å². The van der Waals surface area contributed by atoms with Gasteiger partial charge in [0.1, 0.15) is 5.82 Å². The summed E-state index contributed by atoms with van der Waals surface area (Å²) in [5.41, 5.74) is 3.19. The number of carbonyl (C=O) groups excluding carboxylic acids is 2. The van der Waals surface area contributed by atoms with Crippen molar-refractivity contribution in [3.05, 3.63) is 54.1 Å². The molecule has 25 heavy (non-hydrogen) atoms. The van der Waals surface area contributed by atoms with Crippen molar-refractivity contribution in [3.8, 4) is 11.4 Å². The Kier molecular flexibility index (Phi) is 4.48. The van der Waals surface area contributed by atoms with Crippen LogP contribution < -0.4 is 0 Å². The number of hydrogen-bond donors (Lipinski definition) is 0. The van der Waals surface area contributed by atoms with E-state index in [0.29, 0.717) is 16.9 Å². The molecule has 3 aromatic rings. The van der Waals surface area contributed by atoms with Crippen molar-refractivity contribution in [2.45, 2.75) is 27.2 Å². The highest BCUT2D eigenvalue weighted by atomic mass is 35.5. The van der Waals surface area contributed by atoms with Crippen LogP contribution in [0.5, 0.6) is 0 Å². The molecular formula is C20H19ClN2O2. The molecular weight excluding hydrogens is 336 g/mol. The normalized spacial score (nSPS) is 11.7. The van der Waals surface area contributed by atoms with Crippen LogP contribution in [-0.4, -0.2) is 20.7 Å². The first-order chi connectivity index (χ1) is 11.8. The van der Waals surface area contributed by atoms with E-state index in [4.69, 9.17) is 11.6 Å².